The van der Waals surface area contributed by atoms with E-state index in [0.29, 0.717) is 51.6 Å². The number of rotatable bonds is 8. The molecular formula is C19H21BrN4O3. The van der Waals surface area contributed by atoms with Crippen LogP contribution in [0, 0.1) is 5.41 Å². The summed E-state index contributed by atoms with van der Waals surface area (Å²) in [5.74, 6) is 0.793. The van der Waals surface area contributed by atoms with E-state index in [4.69, 9.17) is 26.4 Å². The van der Waals surface area contributed by atoms with Gasteiger partial charge in [-0.25, -0.2) is 0 Å². The number of allylic oxidation sites excluding steroid dienone is 1. The fourth-order valence-electron chi connectivity index (χ4n) is 2.31. The van der Waals surface area contributed by atoms with Crippen molar-refractivity contribution in [2.45, 2.75) is 0 Å². The first-order valence-corrected chi connectivity index (χ1v) is 8.87. The van der Waals surface area contributed by atoms with Crippen LogP contribution in [0.2, 0.25) is 0 Å². The van der Waals surface area contributed by atoms with Crippen LogP contribution in [0.4, 0.5) is 5.69 Å². The number of hydrogen-bond donors (Lipinski definition) is 4. The fourth-order valence-corrected chi connectivity index (χ4v) is 2.74. The molecule has 0 unspecified atom stereocenters. The molecule has 6 N–H and O–H groups in total. The third kappa shape index (κ3) is 5.32. The van der Waals surface area contributed by atoms with Gasteiger partial charge in [0.15, 0.2) is 0 Å². The third-order valence-electron chi connectivity index (χ3n) is 3.60. The summed E-state index contributed by atoms with van der Waals surface area (Å²) >= 11 is 3.37. The molecule has 0 atom stereocenters. The smallest absolute Gasteiger partial charge is 0.256 e. The SMILES string of the molecule is COc1ccc(Br)c(C(=O)Nc2ccc(OCCN)c(/C(N)=C/C=N)c2)c1. The van der Waals surface area contributed by atoms with Gasteiger partial charge in [-0.2, -0.15) is 0 Å². The lowest BCUT2D eigenvalue weighted by Gasteiger charge is -2.14. The number of benzene rings is 2. The number of anilines is 1. The molecule has 0 aliphatic rings. The average Bonchev–Trinajstić information content (AvgIpc) is 2.67. The molecule has 0 aliphatic heterocycles. The summed E-state index contributed by atoms with van der Waals surface area (Å²) in [4.78, 5) is 12.6. The topological polar surface area (TPSA) is 123 Å². The van der Waals surface area contributed by atoms with Gasteiger partial charge in [-0.1, -0.05) is 0 Å². The van der Waals surface area contributed by atoms with Gasteiger partial charge in [-0.15, -0.1) is 0 Å². The lowest BCUT2D eigenvalue weighted by molar-refractivity contribution is 0.102. The first-order chi connectivity index (χ1) is 13.0. The Hall–Kier alpha value is -2.84. The number of amides is 1. The summed E-state index contributed by atoms with van der Waals surface area (Å²) in [6, 6.07) is 10.2. The van der Waals surface area contributed by atoms with Gasteiger partial charge in [0.25, 0.3) is 5.91 Å². The molecule has 0 radical (unpaired) electrons. The molecule has 2 aromatic rings. The molecule has 0 heterocycles. The van der Waals surface area contributed by atoms with Crippen molar-refractivity contribution >= 4 is 39.4 Å². The summed E-state index contributed by atoms with van der Waals surface area (Å²) in [7, 11) is 1.54. The first kappa shape index (κ1) is 20.5. The first-order valence-electron chi connectivity index (χ1n) is 8.08. The standard InChI is InChI=1S/C19H21BrN4O3/c1-26-13-3-4-16(20)14(11-13)19(25)24-12-2-5-18(27-9-8-22)15(10-12)17(23)6-7-21/h2-7,10-11,21H,8-9,22-23H2,1H3,(H,24,25)/b17-6-,21-7?. The number of ether oxygens (including phenoxy) is 2. The summed E-state index contributed by atoms with van der Waals surface area (Å²) in [5.41, 5.74) is 13.4. The number of nitrogens with one attached hydrogen (secondary N) is 2. The zero-order valence-corrected chi connectivity index (χ0v) is 16.4. The minimum Gasteiger partial charge on any atom is -0.497 e. The molecule has 0 aliphatic carbocycles. The summed E-state index contributed by atoms with van der Waals surface area (Å²) in [6.45, 7) is 0.684. The van der Waals surface area contributed by atoms with E-state index in [0.717, 1.165) is 6.21 Å². The molecule has 0 saturated heterocycles. The molecule has 0 saturated carbocycles. The number of carbonyl (C=O) groups excluding carboxylic acids is 1. The zero-order valence-electron chi connectivity index (χ0n) is 14.8. The van der Waals surface area contributed by atoms with Crippen molar-refractivity contribution in [3.63, 3.8) is 0 Å². The van der Waals surface area contributed by atoms with Gasteiger partial charge in [-0.3, -0.25) is 4.79 Å². The van der Waals surface area contributed by atoms with Crippen molar-refractivity contribution in [1.82, 2.24) is 0 Å². The highest BCUT2D eigenvalue weighted by Crippen LogP contribution is 2.28. The highest BCUT2D eigenvalue weighted by Gasteiger charge is 2.14. The van der Waals surface area contributed by atoms with E-state index in [1.807, 2.05) is 0 Å². The Balaban J connectivity index is 2.33. The predicted molar refractivity (Wildman–Crippen MR) is 111 cm³/mol. The second kappa shape index (κ2) is 9.75. The molecule has 0 fully saturated rings. The van der Waals surface area contributed by atoms with Crippen LogP contribution < -0.4 is 26.3 Å². The maximum atomic E-state index is 12.6. The lowest BCUT2D eigenvalue weighted by atomic mass is 10.1. The molecule has 1 amide bonds. The molecule has 0 bridgehead atoms. The Bertz CT molecular complexity index is 868. The molecular weight excluding hydrogens is 412 g/mol. The lowest BCUT2D eigenvalue weighted by Crippen LogP contribution is -2.14. The van der Waals surface area contributed by atoms with Crippen molar-refractivity contribution in [3.05, 3.63) is 58.1 Å². The van der Waals surface area contributed by atoms with E-state index in [2.05, 4.69) is 21.2 Å². The number of hydrogen-bond acceptors (Lipinski definition) is 6. The summed E-state index contributed by atoms with van der Waals surface area (Å²) in [5, 5.41) is 10.0. The number of nitrogens with two attached hydrogens (primary N) is 2. The second-order valence-corrected chi connectivity index (χ2v) is 6.29. The van der Waals surface area contributed by atoms with Gasteiger partial charge < -0.3 is 31.7 Å². The Morgan fingerprint density at radius 3 is 2.70 bits per heavy atom. The molecule has 8 heteroatoms. The Labute approximate surface area is 166 Å². The molecule has 27 heavy (non-hydrogen) atoms. The van der Waals surface area contributed by atoms with Crippen LogP contribution in [0.1, 0.15) is 15.9 Å². The fraction of sp³-hybridized carbons (Fsp3) is 0.158. The molecule has 0 spiro atoms. The van der Waals surface area contributed by atoms with Gasteiger partial charge in [-0.05, 0) is 58.4 Å². The van der Waals surface area contributed by atoms with Crippen molar-refractivity contribution < 1.29 is 14.3 Å². The van der Waals surface area contributed by atoms with E-state index >= 15 is 0 Å². The minimum absolute atomic E-state index is 0.308. The summed E-state index contributed by atoms with van der Waals surface area (Å²) < 4.78 is 11.4. The highest BCUT2D eigenvalue weighted by atomic mass is 79.9. The summed E-state index contributed by atoms with van der Waals surface area (Å²) in [6.07, 6.45) is 2.52. The zero-order chi connectivity index (χ0) is 19.8. The van der Waals surface area contributed by atoms with Gasteiger partial charge in [0, 0.05) is 34.2 Å². The van der Waals surface area contributed by atoms with Crippen molar-refractivity contribution in [1.29, 1.82) is 5.41 Å². The molecule has 142 valence electrons. The highest BCUT2D eigenvalue weighted by molar-refractivity contribution is 9.10. The van der Waals surface area contributed by atoms with Gasteiger partial charge in [0.2, 0.25) is 0 Å². The number of halogens is 1. The number of carbonyl (C=O) groups is 1. The van der Waals surface area contributed by atoms with Gasteiger partial charge in [0.1, 0.15) is 18.1 Å². The van der Waals surface area contributed by atoms with E-state index in [-0.39, 0.29) is 5.91 Å². The molecule has 0 aromatic heterocycles. The Morgan fingerprint density at radius 1 is 1.26 bits per heavy atom. The van der Waals surface area contributed by atoms with Gasteiger partial charge >= 0.3 is 0 Å². The van der Waals surface area contributed by atoms with E-state index in [9.17, 15) is 4.79 Å². The molecule has 7 nitrogen and oxygen atoms in total. The number of methoxy groups -OCH3 is 1. The monoisotopic (exact) mass is 432 g/mol. The van der Waals surface area contributed by atoms with Crippen molar-refractivity contribution in [2.24, 2.45) is 11.5 Å². The van der Waals surface area contributed by atoms with Crippen LogP contribution in [0.5, 0.6) is 11.5 Å². The third-order valence-corrected chi connectivity index (χ3v) is 4.30. The van der Waals surface area contributed by atoms with Crippen molar-refractivity contribution in [2.75, 3.05) is 25.6 Å². The van der Waals surface area contributed by atoms with Crippen molar-refractivity contribution in [3.8, 4) is 11.5 Å². The van der Waals surface area contributed by atoms with Crippen LogP contribution in [0.3, 0.4) is 0 Å². The molecule has 2 aromatic carbocycles. The average molecular weight is 433 g/mol. The second-order valence-electron chi connectivity index (χ2n) is 5.44. The normalized spacial score (nSPS) is 11.0. The van der Waals surface area contributed by atoms with Gasteiger partial charge in [0.05, 0.1) is 12.7 Å². The minimum atomic E-state index is -0.308. The predicted octanol–water partition coefficient (Wildman–Crippen LogP) is 3.00. The Morgan fingerprint density at radius 2 is 2.04 bits per heavy atom. The Kier molecular flexibility index (Phi) is 7.39. The van der Waals surface area contributed by atoms with E-state index in [1.165, 1.54) is 13.2 Å². The quantitative estimate of drug-likeness (QED) is 0.477. The maximum Gasteiger partial charge on any atom is 0.256 e. The largest absolute Gasteiger partial charge is 0.497 e. The van der Waals surface area contributed by atoms with E-state index < -0.39 is 0 Å². The van der Waals surface area contributed by atoms with E-state index in [1.54, 1.807) is 36.4 Å². The van der Waals surface area contributed by atoms with Crippen LogP contribution in [0.25, 0.3) is 5.70 Å². The van der Waals surface area contributed by atoms with Crippen LogP contribution >= 0.6 is 15.9 Å². The van der Waals surface area contributed by atoms with Crippen LogP contribution in [-0.2, 0) is 0 Å². The molecule has 2 rings (SSSR count). The van der Waals surface area contributed by atoms with Crippen LogP contribution in [-0.4, -0.2) is 32.4 Å². The maximum absolute atomic E-state index is 12.6. The van der Waals surface area contributed by atoms with Crippen LogP contribution in [0.15, 0.2) is 46.9 Å².